The third-order valence-electron chi connectivity index (χ3n) is 4.04. The molecule has 0 aromatic heterocycles. The van der Waals surface area contributed by atoms with Gasteiger partial charge in [0.1, 0.15) is 6.10 Å². The van der Waals surface area contributed by atoms with Gasteiger partial charge in [-0.3, -0.25) is 4.79 Å². The summed E-state index contributed by atoms with van der Waals surface area (Å²) in [6.45, 7) is 2.87. The lowest BCUT2D eigenvalue weighted by atomic mass is 9.98. The van der Waals surface area contributed by atoms with Gasteiger partial charge in [-0.25, -0.2) is 4.79 Å². The van der Waals surface area contributed by atoms with E-state index < -0.39 is 5.97 Å². The lowest BCUT2D eigenvalue weighted by molar-refractivity contribution is -0.144. The highest BCUT2D eigenvalue weighted by molar-refractivity contribution is 5.94. The van der Waals surface area contributed by atoms with Crippen LogP contribution in [-0.2, 0) is 14.3 Å². The maximum Gasteiger partial charge on any atom is 0.331 e. The molecule has 1 saturated carbocycles. The maximum atomic E-state index is 11.6. The molecule has 1 aliphatic carbocycles. The summed E-state index contributed by atoms with van der Waals surface area (Å²) in [5.41, 5.74) is 0. The fourth-order valence-electron chi connectivity index (χ4n) is 2.71. The number of amides is 1. The minimum absolute atomic E-state index is 0.0390. The van der Waals surface area contributed by atoms with Crippen LogP contribution in [0.4, 0.5) is 0 Å². The lowest BCUT2D eigenvalue weighted by Crippen LogP contribution is -2.23. The number of nitrogens with one attached hydrogen (secondary N) is 1. The van der Waals surface area contributed by atoms with Crippen molar-refractivity contribution in [2.45, 2.75) is 83.7 Å². The standard InChI is InChI=1S/C18H31NO3/c1-2-3-4-5-6-10-15-19-17(20)13-14-18(21)22-16-11-8-7-9-12-16/h13-14,16H,2-12,15H2,1H3,(H,19,20)/b14-13-. The van der Waals surface area contributed by atoms with Crippen LogP contribution in [0.5, 0.6) is 0 Å². The topological polar surface area (TPSA) is 55.4 Å². The average molecular weight is 309 g/mol. The summed E-state index contributed by atoms with van der Waals surface area (Å²) in [6.07, 6.45) is 15.1. The molecule has 22 heavy (non-hydrogen) atoms. The molecule has 0 unspecified atom stereocenters. The molecule has 0 aromatic rings. The molecule has 0 spiro atoms. The second-order valence-electron chi connectivity index (χ2n) is 6.09. The van der Waals surface area contributed by atoms with Gasteiger partial charge in [-0.05, 0) is 32.1 Å². The molecule has 1 N–H and O–H groups in total. The molecule has 1 amide bonds. The van der Waals surface area contributed by atoms with E-state index in [-0.39, 0.29) is 12.0 Å². The molecular weight excluding hydrogens is 278 g/mol. The molecule has 4 heteroatoms. The summed E-state index contributed by atoms with van der Waals surface area (Å²) in [6, 6.07) is 0. The molecule has 1 aliphatic rings. The lowest BCUT2D eigenvalue weighted by Gasteiger charge is -2.20. The molecular formula is C18H31NO3. The largest absolute Gasteiger partial charge is 0.459 e. The number of hydrogen-bond donors (Lipinski definition) is 1. The van der Waals surface area contributed by atoms with Crippen LogP contribution >= 0.6 is 0 Å². The Bertz CT molecular complexity index is 346. The van der Waals surface area contributed by atoms with Gasteiger partial charge in [-0.15, -0.1) is 0 Å². The Kier molecular flexibility index (Phi) is 10.4. The van der Waals surface area contributed by atoms with Crippen molar-refractivity contribution in [3.8, 4) is 0 Å². The molecule has 0 saturated heterocycles. The third-order valence-corrected chi connectivity index (χ3v) is 4.04. The number of esters is 1. The number of unbranched alkanes of at least 4 members (excludes halogenated alkanes) is 5. The van der Waals surface area contributed by atoms with E-state index in [0.717, 1.165) is 38.5 Å². The van der Waals surface area contributed by atoms with E-state index in [1.165, 1.54) is 44.3 Å². The van der Waals surface area contributed by atoms with Crippen LogP contribution in [0.2, 0.25) is 0 Å². The van der Waals surface area contributed by atoms with Crippen molar-refractivity contribution in [2.24, 2.45) is 0 Å². The van der Waals surface area contributed by atoms with Crippen LogP contribution in [0.3, 0.4) is 0 Å². The van der Waals surface area contributed by atoms with E-state index in [2.05, 4.69) is 12.2 Å². The van der Waals surface area contributed by atoms with Crippen molar-refractivity contribution < 1.29 is 14.3 Å². The van der Waals surface area contributed by atoms with E-state index in [4.69, 9.17) is 4.74 Å². The molecule has 0 bridgehead atoms. The monoisotopic (exact) mass is 309 g/mol. The minimum Gasteiger partial charge on any atom is -0.459 e. The van der Waals surface area contributed by atoms with E-state index in [1.807, 2.05) is 0 Å². The highest BCUT2D eigenvalue weighted by Gasteiger charge is 2.16. The normalized spacial score (nSPS) is 15.9. The van der Waals surface area contributed by atoms with Gasteiger partial charge < -0.3 is 10.1 Å². The van der Waals surface area contributed by atoms with Crippen LogP contribution in [0.15, 0.2) is 12.2 Å². The number of rotatable bonds is 10. The van der Waals surface area contributed by atoms with Gasteiger partial charge in [0.2, 0.25) is 5.91 Å². The van der Waals surface area contributed by atoms with Gasteiger partial charge in [-0.2, -0.15) is 0 Å². The maximum absolute atomic E-state index is 11.6. The van der Waals surface area contributed by atoms with Crippen LogP contribution in [-0.4, -0.2) is 24.5 Å². The number of hydrogen-bond acceptors (Lipinski definition) is 3. The summed E-state index contributed by atoms with van der Waals surface area (Å²) in [5, 5.41) is 2.80. The first-order valence-electron chi connectivity index (χ1n) is 8.89. The highest BCUT2D eigenvalue weighted by atomic mass is 16.5. The SMILES string of the molecule is CCCCCCCCNC(=O)/C=C\C(=O)OC1CCCCC1. The Morgan fingerprint density at radius 3 is 2.41 bits per heavy atom. The summed E-state index contributed by atoms with van der Waals surface area (Å²) in [4.78, 5) is 23.2. The van der Waals surface area contributed by atoms with E-state index >= 15 is 0 Å². The van der Waals surface area contributed by atoms with Crippen LogP contribution in [0.1, 0.15) is 77.6 Å². The van der Waals surface area contributed by atoms with Gasteiger partial charge in [0, 0.05) is 18.7 Å². The van der Waals surface area contributed by atoms with Crippen molar-refractivity contribution in [3.05, 3.63) is 12.2 Å². The third kappa shape index (κ3) is 9.59. The van der Waals surface area contributed by atoms with Gasteiger partial charge in [-0.1, -0.05) is 45.4 Å². The number of ether oxygens (including phenoxy) is 1. The van der Waals surface area contributed by atoms with Crippen molar-refractivity contribution in [1.82, 2.24) is 5.32 Å². The van der Waals surface area contributed by atoms with Crippen molar-refractivity contribution in [1.29, 1.82) is 0 Å². The highest BCUT2D eigenvalue weighted by Crippen LogP contribution is 2.20. The van der Waals surface area contributed by atoms with E-state index in [0.29, 0.717) is 6.54 Å². The first-order chi connectivity index (χ1) is 10.7. The van der Waals surface area contributed by atoms with Crippen molar-refractivity contribution in [2.75, 3.05) is 6.54 Å². The Balaban J connectivity index is 2.04. The molecule has 0 atom stereocenters. The average Bonchev–Trinajstić information content (AvgIpc) is 2.53. The number of carbonyl (C=O) groups is 2. The Morgan fingerprint density at radius 1 is 1.00 bits per heavy atom. The molecule has 0 radical (unpaired) electrons. The predicted molar refractivity (Wildman–Crippen MR) is 88.5 cm³/mol. The van der Waals surface area contributed by atoms with Gasteiger partial charge in [0.25, 0.3) is 0 Å². The minimum atomic E-state index is -0.401. The summed E-state index contributed by atoms with van der Waals surface area (Å²) >= 11 is 0. The molecule has 4 nitrogen and oxygen atoms in total. The van der Waals surface area contributed by atoms with Gasteiger partial charge in [0.05, 0.1) is 0 Å². The van der Waals surface area contributed by atoms with Crippen molar-refractivity contribution >= 4 is 11.9 Å². The molecule has 0 aromatic carbocycles. The van der Waals surface area contributed by atoms with Crippen molar-refractivity contribution in [3.63, 3.8) is 0 Å². The molecule has 126 valence electrons. The zero-order valence-corrected chi connectivity index (χ0v) is 13.9. The smallest absolute Gasteiger partial charge is 0.331 e. The fourth-order valence-corrected chi connectivity index (χ4v) is 2.71. The zero-order chi connectivity index (χ0) is 16.0. The second kappa shape index (κ2) is 12.2. The molecule has 1 fully saturated rings. The molecule has 1 rings (SSSR count). The Labute approximate surface area is 134 Å². The Morgan fingerprint density at radius 2 is 1.68 bits per heavy atom. The summed E-state index contributed by atoms with van der Waals surface area (Å²) in [7, 11) is 0. The first kappa shape index (κ1) is 18.7. The number of carbonyl (C=O) groups excluding carboxylic acids is 2. The van der Waals surface area contributed by atoms with Gasteiger partial charge >= 0.3 is 5.97 Å². The first-order valence-corrected chi connectivity index (χ1v) is 8.89. The fraction of sp³-hybridized carbons (Fsp3) is 0.778. The van der Waals surface area contributed by atoms with Crippen LogP contribution in [0.25, 0.3) is 0 Å². The van der Waals surface area contributed by atoms with Gasteiger partial charge in [0.15, 0.2) is 0 Å². The van der Waals surface area contributed by atoms with E-state index in [1.54, 1.807) is 0 Å². The van der Waals surface area contributed by atoms with Crippen LogP contribution < -0.4 is 5.32 Å². The predicted octanol–water partition coefficient (Wildman–Crippen LogP) is 3.90. The quantitative estimate of drug-likeness (QED) is 0.378. The van der Waals surface area contributed by atoms with E-state index in [9.17, 15) is 9.59 Å². The second-order valence-corrected chi connectivity index (χ2v) is 6.09. The molecule has 0 aliphatic heterocycles. The summed E-state index contributed by atoms with van der Waals surface area (Å²) < 4.78 is 5.32. The summed E-state index contributed by atoms with van der Waals surface area (Å²) in [5.74, 6) is -0.615. The van der Waals surface area contributed by atoms with Crippen LogP contribution in [0, 0.1) is 0 Å². The Hall–Kier alpha value is -1.32. The molecule has 0 heterocycles. The zero-order valence-electron chi connectivity index (χ0n) is 13.9.